The normalized spacial score (nSPS) is 46.9. The number of fused-ring (bicyclic) bond motifs is 3. The van der Waals surface area contributed by atoms with Gasteiger partial charge in [0.25, 0.3) is 0 Å². The van der Waals surface area contributed by atoms with Gasteiger partial charge in [-0.3, -0.25) is 9.59 Å². The van der Waals surface area contributed by atoms with Gasteiger partial charge in [0.05, 0.1) is 43.0 Å². The van der Waals surface area contributed by atoms with Crippen LogP contribution in [-0.2, 0) is 42.8 Å². The summed E-state index contributed by atoms with van der Waals surface area (Å²) in [6.07, 6.45) is -15.7. The van der Waals surface area contributed by atoms with Crippen LogP contribution in [0.25, 0.3) is 0 Å². The molecule has 20 nitrogen and oxygen atoms in total. The third kappa shape index (κ3) is 9.08. The van der Waals surface area contributed by atoms with Gasteiger partial charge in [-0.2, -0.15) is 0 Å². The van der Waals surface area contributed by atoms with Crippen molar-refractivity contribution in [3.05, 3.63) is 11.1 Å². The third-order valence-electron chi connectivity index (χ3n) is 20.0. The lowest BCUT2D eigenvalue weighted by atomic mass is 9.23. The number of hydrogen-bond donors (Lipinski definition) is 11. The summed E-state index contributed by atoms with van der Waals surface area (Å²) >= 11 is 0. The largest absolute Gasteiger partial charge is 0.432 e. The number of ether oxygens (including phenoxy) is 6. The first kappa shape index (κ1) is 56.9. The number of unbranched alkanes of at least 4 members (excludes halogenated alkanes) is 2. The minimum absolute atomic E-state index is 0.0609. The summed E-state index contributed by atoms with van der Waals surface area (Å²) in [5.41, 5.74) is 4.34. The number of carbonyl (C=O) groups is 3. The third-order valence-corrected chi connectivity index (χ3v) is 20.0. The van der Waals surface area contributed by atoms with Crippen LogP contribution < -0.4 is 11.1 Å². The Labute approximate surface area is 428 Å². The summed E-state index contributed by atoms with van der Waals surface area (Å²) in [6, 6.07) is -1.33. The van der Waals surface area contributed by atoms with E-state index in [0.717, 1.165) is 24.7 Å². The highest BCUT2D eigenvalue weighted by molar-refractivity contribution is 5.81. The number of carbonyl (C=O) groups excluding carboxylic acids is 3. The highest BCUT2D eigenvalue weighted by Crippen LogP contribution is 2.86. The van der Waals surface area contributed by atoms with E-state index in [-0.39, 0.29) is 47.3 Å². The molecule has 0 radical (unpaired) electrons. The van der Waals surface area contributed by atoms with Crippen LogP contribution in [-0.4, -0.2) is 182 Å². The summed E-state index contributed by atoms with van der Waals surface area (Å²) in [7, 11) is 0. The van der Waals surface area contributed by atoms with E-state index >= 15 is 4.79 Å². The zero-order valence-electron chi connectivity index (χ0n) is 43.9. The molecule has 3 heterocycles. The molecule has 5 aliphatic carbocycles. The Morgan fingerprint density at radius 3 is 2.22 bits per heavy atom. The molecule has 0 aromatic carbocycles. The van der Waals surface area contributed by atoms with Gasteiger partial charge in [-0.1, -0.05) is 66.0 Å². The molecule has 7 fully saturated rings. The van der Waals surface area contributed by atoms with E-state index in [1.807, 2.05) is 13.8 Å². The van der Waals surface area contributed by atoms with E-state index < -0.39 is 145 Å². The van der Waals surface area contributed by atoms with Crippen molar-refractivity contribution in [2.75, 3.05) is 19.8 Å². The van der Waals surface area contributed by atoms with Crippen LogP contribution in [0.4, 0.5) is 0 Å². The van der Waals surface area contributed by atoms with Gasteiger partial charge in [-0.25, -0.2) is 0 Å². The van der Waals surface area contributed by atoms with Crippen molar-refractivity contribution in [3.8, 4) is 0 Å². The number of amides is 1. The van der Waals surface area contributed by atoms with Gasteiger partial charge in [0, 0.05) is 17.3 Å². The molecule has 4 saturated carbocycles. The summed E-state index contributed by atoms with van der Waals surface area (Å²) < 4.78 is 36.2. The standard InChI is InChI=1S/C53H86N2O18/c1-9-32(59)50(7,24-57)30-14-15-53-26(19-31(53)49(30,5)6)35-27-20-48(3,4)16-17-52(27,33(60)21-51(35,53)8)47(67)73-46-43(38(63)36(29(22-56)70-46)55-34(61)13-11-10-12-18-54)72-45-41(66)39(64)42(25(2)69-45)71-44-40(65)37(62)28(58)23-68-44/h24-25,27-33,36-46,56,58-60,62-66H,9-23,54H2,1-8H3,(H,55,61)/t25-,27?,28-,29-,30-,31?,32?,33-,36?,37?,38?,39?,40?,41?,42?,43?,44+,45+,46+,50?,51-,52?,53-/m1/s1. The molecule has 13 unspecified atom stereocenters. The summed E-state index contributed by atoms with van der Waals surface area (Å²) in [6.45, 7) is 15.5. The van der Waals surface area contributed by atoms with Crippen molar-refractivity contribution in [2.24, 2.45) is 56.0 Å². The first-order chi connectivity index (χ1) is 34.3. The zero-order chi connectivity index (χ0) is 53.5. The first-order valence-corrected chi connectivity index (χ1v) is 27.0. The average molecular weight is 1040 g/mol. The van der Waals surface area contributed by atoms with Gasteiger partial charge in [0.15, 0.2) is 18.7 Å². The number of nitrogens with two attached hydrogens (primary N) is 1. The maximum absolute atomic E-state index is 15.5. The number of aldehydes is 1. The minimum atomic E-state index is -1.93. The second-order valence-electron chi connectivity index (χ2n) is 24.9. The molecule has 0 aromatic heterocycles. The molecule has 1 amide bonds. The number of rotatable bonds is 17. The molecule has 73 heavy (non-hydrogen) atoms. The topological polar surface area (TPSA) is 327 Å². The Hall–Kier alpha value is -2.25. The van der Waals surface area contributed by atoms with Crippen molar-refractivity contribution < 1.29 is 88.8 Å². The van der Waals surface area contributed by atoms with Gasteiger partial charge >= 0.3 is 5.97 Å². The van der Waals surface area contributed by atoms with Crippen molar-refractivity contribution in [2.45, 2.75) is 231 Å². The van der Waals surface area contributed by atoms with Crippen LogP contribution >= 0.6 is 0 Å². The van der Waals surface area contributed by atoms with Crippen molar-refractivity contribution in [1.29, 1.82) is 0 Å². The van der Waals surface area contributed by atoms with E-state index in [1.54, 1.807) is 0 Å². The van der Waals surface area contributed by atoms with Crippen molar-refractivity contribution in [3.63, 3.8) is 0 Å². The van der Waals surface area contributed by atoms with Gasteiger partial charge in [-0.15, -0.1) is 0 Å². The van der Waals surface area contributed by atoms with Crippen LogP contribution in [0.2, 0.25) is 0 Å². The minimum Gasteiger partial charge on any atom is -0.432 e. The Bertz CT molecular complexity index is 2060. The van der Waals surface area contributed by atoms with E-state index in [1.165, 1.54) is 12.5 Å². The Balaban J connectivity index is 1.09. The van der Waals surface area contributed by atoms with Gasteiger partial charge in [0.2, 0.25) is 12.2 Å². The molecule has 12 N–H and O–H groups in total. The first-order valence-electron chi connectivity index (χ1n) is 27.0. The van der Waals surface area contributed by atoms with Crippen LogP contribution in [0.5, 0.6) is 0 Å². The number of aliphatic hydroxyl groups excluding tert-OH is 9. The zero-order valence-corrected chi connectivity index (χ0v) is 43.9. The Kier molecular flexibility index (Phi) is 16.3. The lowest BCUT2D eigenvalue weighted by Crippen LogP contribution is -2.75. The Morgan fingerprint density at radius 2 is 1.56 bits per heavy atom. The SMILES string of the molecule is CCC(O)C(C)(C=O)[C@@H]1CC[C@]23C(=C4C5CC(C)(C)CCC5(C(=O)O[C@@H]5O[C@H](CO)C(NC(=O)CCCCCN)C(O)C5O[C@@H]5O[C@H](C)C(O[C@@H]6OC[C@@H](O)C(O)C6O)C(O)C5O)[C@H](O)C[C@]42C)CC3C1(C)C. The van der Waals surface area contributed by atoms with Gasteiger partial charge in [0.1, 0.15) is 60.5 Å². The van der Waals surface area contributed by atoms with Crippen LogP contribution in [0, 0.1) is 50.2 Å². The number of aliphatic hydroxyl groups is 9. The molecular weight excluding hydrogens is 953 g/mol. The number of allylic oxidation sites excluding steroid dienone is 2. The van der Waals surface area contributed by atoms with Crippen LogP contribution in [0.15, 0.2) is 11.1 Å². The Morgan fingerprint density at radius 1 is 0.877 bits per heavy atom. The van der Waals surface area contributed by atoms with Gasteiger partial charge in [-0.05, 0) is 106 Å². The molecule has 20 heteroatoms. The van der Waals surface area contributed by atoms with Crippen molar-refractivity contribution in [1.82, 2.24) is 5.32 Å². The average Bonchev–Trinajstić information content (AvgIpc) is 3.33. The van der Waals surface area contributed by atoms with Crippen molar-refractivity contribution >= 4 is 18.2 Å². The van der Waals surface area contributed by atoms with E-state index in [9.17, 15) is 55.5 Å². The molecule has 3 aliphatic heterocycles. The number of hydrogen-bond acceptors (Lipinski definition) is 19. The highest BCUT2D eigenvalue weighted by atomic mass is 16.8. The fourth-order valence-electron chi connectivity index (χ4n) is 15.9. The second kappa shape index (κ2) is 20.8. The summed E-state index contributed by atoms with van der Waals surface area (Å²) in [5, 5.41) is 104. The molecule has 0 bridgehead atoms. The van der Waals surface area contributed by atoms with E-state index in [4.69, 9.17) is 34.2 Å². The fourth-order valence-corrected chi connectivity index (χ4v) is 15.9. The number of nitrogens with one attached hydrogen (secondary N) is 1. The fraction of sp³-hybridized carbons (Fsp3) is 0.906. The molecule has 0 aromatic rings. The quantitative estimate of drug-likeness (QED) is 0.0411. The molecule has 1 spiro atoms. The maximum atomic E-state index is 15.5. The van der Waals surface area contributed by atoms with Crippen LogP contribution in [0.1, 0.15) is 132 Å². The second-order valence-corrected chi connectivity index (χ2v) is 24.9. The summed E-state index contributed by atoms with van der Waals surface area (Å²) in [5.74, 6) is -1.65. The number of esters is 1. The van der Waals surface area contributed by atoms with Gasteiger partial charge < -0.3 is 90.2 Å². The molecule has 416 valence electrons. The summed E-state index contributed by atoms with van der Waals surface area (Å²) in [4.78, 5) is 41.7. The molecule has 23 atom stereocenters. The lowest BCUT2D eigenvalue weighted by molar-refractivity contribution is -0.370. The smallest absolute Gasteiger partial charge is 0.317 e. The molecule has 8 rings (SSSR count). The molecule has 3 saturated heterocycles. The maximum Gasteiger partial charge on any atom is 0.317 e. The lowest BCUT2D eigenvalue weighted by Gasteiger charge is -2.81. The predicted octanol–water partition coefficient (Wildman–Crippen LogP) is 0.600. The predicted molar refractivity (Wildman–Crippen MR) is 258 cm³/mol. The van der Waals surface area contributed by atoms with Crippen LogP contribution in [0.3, 0.4) is 0 Å². The van der Waals surface area contributed by atoms with E-state index in [2.05, 4.69) is 39.9 Å². The molecule has 8 aliphatic rings. The van der Waals surface area contributed by atoms with E-state index in [0.29, 0.717) is 51.5 Å². The molecular formula is C53H86N2O18. The monoisotopic (exact) mass is 1040 g/mol. The highest BCUT2D eigenvalue weighted by Gasteiger charge is 2.80.